The molecule has 0 bridgehead atoms. The van der Waals surface area contributed by atoms with E-state index in [2.05, 4.69) is 15.5 Å². The minimum Gasteiger partial charge on any atom is -0.471 e. The summed E-state index contributed by atoms with van der Waals surface area (Å²) in [4.78, 5) is 28.0. The molecular formula is C25H35N3O3S2. The number of hydrogen-bond donors (Lipinski definition) is 2. The van der Waals surface area contributed by atoms with Crippen LogP contribution in [0, 0.1) is 0 Å². The lowest BCUT2D eigenvalue weighted by atomic mass is 10.1. The van der Waals surface area contributed by atoms with Crippen LogP contribution in [0.1, 0.15) is 37.0 Å². The molecule has 1 aliphatic heterocycles. The second-order valence-corrected chi connectivity index (χ2v) is 10.3. The van der Waals surface area contributed by atoms with Gasteiger partial charge in [0, 0.05) is 23.6 Å². The number of piperidine rings is 1. The molecule has 33 heavy (non-hydrogen) atoms. The van der Waals surface area contributed by atoms with Gasteiger partial charge in [0.1, 0.15) is 5.75 Å². The number of likely N-dealkylation sites (tertiary alicyclic amines) is 1. The molecule has 0 saturated carbocycles. The maximum absolute atomic E-state index is 12.5. The summed E-state index contributed by atoms with van der Waals surface area (Å²) in [5.74, 6) is 1.79. The zero-order valence-electron chi connectivity index (χ0n) is 19.2. The Kier molecular flexibility index (Phi) is 11.6. The van der Waals surface area contributed by atoms with Gasteiger partial charge in [-0.1, -0.05) is 30.7 Å². The Morgan fingerprint density at radius 2 is 1.88 bits per heavy atom. The molecule has 180 valence electrons. The van der Waals surface area contributed by atoms with Gasteiger partial charge in [-0.2, -0.15) is 11.8 Å². The highest BCUT2D eigenvalue weighted by atomic mass is 32.2. The predicted octanol–water partition coefficient (Wildman–Crippen LogP) is 3.93. The van der Waals surface area contributed by atoms with Crippen molar-refractivity contribution in [3.63, 3.8) is 0 Å². The average molecular weight is 490 g/mol. The van der Waals surface area contributed by atoms with E-state index in [1.54, 1.807) is 11.3 Å². The SMILES string of the molecule is O=C(Cc1cccs1)NCCSCC(=O)NC(CCCN1CCCCC1)Oc1ccccc1. The lowest BCUT2D eigenvalue weighted by Gasteiger charge is -2.27. The van der Waals surface area contributed by atoms with Gasteiger partial charge in [0.15, 0.2) is 6.23 Å². The minimum atomic E-state index is -0.337. The molecular weight excluding hydrogens is 454 g/mol. The number of para-hydroxylation sites is 1. The summed E-state index contributed by atoms with van der Waals surface area (Å²) in [7, 11) is 0. The van der Waals surface area contributed by atoms with Crippen LogP contribution in [0.4, 0.5) is 0 Å². The number of carbonyl (C=O) groups excluding carboxylic acids is 2. The van der Waals surface area contributed by atoms with Gasteiger partial charge in [0.25, 0.3) is 0 Å². The van der Waals surface area contributed by atoms with E-state index in [4.69, 9.17) is 4.74 Å². The summed E-state index contributed by atoms with van der Waals surface area (Å²) in [6.45, 7) is 3.96. The zero-order valence-corrected chi connectivity index (χ0v) is 20.8. The van der Waals surface area contributed by atoms with Gasteiger partial charge in [-0.3, -0.25) is 9.59 Å². The summed E-state index contributed by atoms with van der Waals surface area (Å²) in [5.41, 5.74) is 0. The molecule has 1 aliphatic rings. The Balaban J connectivity index is 1.34. The van der Waals surface area contributed by atoms with E-state index < -0.39 is 0 Å². The Morgan fingerprint density at radius 3 is 2.64 bits per heavy atom. The number of nitrogens with zero attached hydrogens (tertiary/aromatic N) is 1. The third kappa shape index (κ3) is 10.6. The molecule has 1 atom stereocenters. The summed E-state index contributed by atoms with van der Waals surface area (Å²) < 4.78 is 6.07. The van der Waals surface area contributed by atoms with Crippen molar-refractivity contribution in [1.82, 2.24) is 15.5 Å². The molecule has 0 radical (unpaired) electrons. The van der Waals surface area contributed by atoms with E-state index >= 15 is 0 Å². The van der Waals surface area contributed by atoms with Gasteiger partial charge in [-0.15, -0.1) is 11.3 Å². The highest BCUT2D eigenvalue weighted by molar-refractivity contribution is 7.99. The first kappa shape index (κ1) is 25.6. The van der Waals surface area contributed by atoms with Crippen LogP contribution in [-0.2, 0) is 16.0 Å². The van der Waals surface area contributed by atoms with Crippen LogP contribution in [0.5, 0.6) is 5.75 Å². The Bertz CT molecular complexity index is 812. The van der Waals surface area contributed by atoms with E-state index in [1.807, 2.05) is 47.8 Å². The lowest BCUT2D eigenvalue weighted by molar-refractivity contribution is -0.121. The summed E-state index contributed by atoms with van der Waals surface area (Å²) in [6.07, 6.45) is 5.75. The van der Waals surface area contributed by atoms with Crippen LogP contribution < -0.4 is 15.4 Å². The fourth-order valence-electron chi connectivity index (χ4n) is 3.79. The van der Waals surface area contributed by atoms with Gasteiger partial charge in [0.2, 0.25) is 11.8 Å². The highest BCUT2D eigenvalue weighted by Gasteiger charge is 2.16. The van der Waals surface area contributed by atoms with Crippen molar-refractivity contribution in [2.75, 3.05) is 37.7 Å². The molecule has 2 heterocycles. The Morgan fingerprint density at radius 1 is 1.06 bits per heavy atom. The number of ether oxygens (including phenoxy) is 1. The highest BCUT2D eigenvalue weighted by Crippen LogP contribution is 2.14. The molecule has 8 heteroatoms. The summed E-state index contributed by atoms with van der Waals surface area (Å²) in [6, 6.07) is 13.6. The van der Waals surface area contributed by atoms with Crippen molar-refractivity contribution in [3.05, 3.63) is 52.7 Å². The second-order valence-electron chi connectivity index (χ2n) is 8.19. The molecule has 2 amide bonds. The standard InChI is InChI=1S/C25H35N3O3S2/c29-23(19-22-11-8-17-33-22)26-13-18-32-20-24(30)27-25(31-21-9-3-1-4-10-21)12-7-16-28-14-5-2-6-15-28/h1,3-4,8-11,17,25H,2,5-7,12-16,18-20H2,(H,26,29)(H,27,30). The van der Waals surface area contributed by atoms with E-state index in [9.17, 15) is 9.59 Å². The normalized spacial score (nSPS) is 15.0. The maximum Gasteiger partial charge on any atom is 0.232 e. The largest absolute Gasteiger partial charge is 0.471 e. The van der Waals surface area contributed by atoms with Crippen molar-refractivity contribution in [1.29, 1.82) is 0 Å². The predicted molar refractivity (Wildman–Crippen MR) is 137 cm³/mol. The first-order valence-electron chi connectivity index (χ1n) is 11.8. The molecule has 1 aromatic heterocycles. The van der Waals surface area contributed by atoms with E-state index in [0.717, 1.165) is 30.0 Å². The second kappa shape index (κ2) is 15.0. The van der Waals surface area contributed by atoms with Crippen molar-refractivity contribution in [2.24, 2.45) is 0 Å². The topological polar surface area (TPSA) is 70.7 Å². The van der Waals surface area contributed by atoms with E-state index in [1.165, 1.54) is 44.1 Å². The van der Waals surface area contributed by atoms with Crippen LogP contribution in [0.25, 0.3) is 0 Å². The molecule has 2 aromatic rings. The number of thioether (sulfide) groups is 1. The smallest absolute Gasteiger partial charge is 0.232 e. The Labute approximate surface area is 205 Å². The molecule has 6 nitrogen and oxygen atoms in total. The molecule has 2 N–H and O–H groups in total. The molecule has 3 rings (SSSR count). The number of nitrogens with one attached hydrogen (secondary N) is 2. The Hall–Kier alpha value is -2.03. The van der Waals surface area contributed by atoms with Crippen molar-refractivity contribution in [2.45, 2.75) is 44.8 Å². The number of hydrogen-bond acceptors (Lipinski definition) is 6. The third-order valence-electron chi connectivity index (χ3n) is 5.45. The molecule has 1 unspecified atom stereocenters. The van der Waals surface area contributed by atoms with Crippen molar-refractivity contribution < 1.29 is 14.3 Å². The zero-order chi connectivity index (χ0) is 23.1. The molecule has 1 aromatic carbocycles. The van der Waals surface area contributed by atoms with Crippen molar-refractivity contribution >= 4 is 34.9 Å². The van der Waals surface area contributed by atoms with Crippen LogP contribution in [0.2, 0.25) is 0 Å². The van der Waals surface area contributed by atoms with Crippen LogP contribution in [0.3, 0.4) is 0 Å². The van der Waals surface area contributed by atoms with E-state index in [0.29, 0.717) is 24.5 Å². The average Bonchev–Trinajstić information content (AvgIpc) is 3.33. The van der Waals surface area contributed by atoms with Crippen molar-refractivity contribution in [3.8, 4) is 5.75 Å². The first-order valence-corrected chi connectivity index (χ1v) is 13.8. The summed E-state index contributed by atoms with van der Waals surface area (Å²) >= 11 is 3.10. The van der Waals surface area contributed by atoms with E-state index in [-0.39, 0.29) is 18.0 Å². The fraction of sp³-hybridized carbons (Fsp3) is 0.520. The van der Waals surface area contributed by atoms with Gasteiger partial charge in [-0.05, 0) is 62.5 Å². The van der Waals surface area contributed by atoms with Gasteiger partial charge in [0.05, 0.1) is 12.2 Å². The molecule has 1 saturated heterocycles. The maximum atomic E-state index is 12.5. The minimum absolute atomic E-state index is 0.0209. The monoisotopic (exact) mass is 489 g/mol. The number of benzene rings is 1. The van der Waals surface area contributed by atoms with Crippen LogP contribution in [-0.4, -0.2) is 60.6 Å². The first-order chi connectivity index (χ1) is 16.2. The third-order valence-corrected chi connectivity index (χ3v) is 7.28. The quantitative estimate of drug-likeness (QED) is 0.311. The van der Waals surface area contributed by atoms with Gasteiger partial charge >= 0.3 is 0 Å². The summed E-state index contributed by atoms with van der Waals surface area (Å²) in [5, 5.41) is 7.93. The van der Waals surface area contributed by atoms with Crippen LogP contribution >= 0.6 is 23.1 Å². The molecule has 0 spiro atoms. The van der Waals surface area contributed by atoms with Gasteiger partial charge < -0.3 is 20.3 Å². The fourth-order valence-corrected chi connectivity index (χ4v) is 5.15. The number of carbonyl (C=O) groups is 2. The molecule has 0 aliphatic carbocycles. The molecule has 1 fully saturated rings. The number of rotatable bonds is 14. The number of thiophene rings is 1. The lowest BCUT2D eigenvalue weighted by Crippen LogP contribution is -2.41. The van der Waals surface area contributed by atoms with Gasteiger partial charge in [-0.25, -0.2) is 0 Å². The number of amides is 2. The van der Waals surface area contributed by atoms with Crippen LogP contribution in [0.15, 0.2) is 47.8 Å².